The highest BCUT2D eigenvalue weighted by Crippen LogP contribution is 2.10. The number of halogens is 1. The van der Waals surface area contributed by atoms with Gasteiger partial charge in [0, 0.05) is 16.1 Å². The molecule has 0 fully saturated rings. The zero-order chi connectivity index (χ0) is 8.97. The highest BCUT2D eigenvalue weighted by Gasteiger charge is 1.99. The van der Waals surface area contributed by atoms with Gasteiger partial charge in [-0.05, 0) is 30.5 Å². The molecule has 3 heteroatoms. The number of carbonyl (C=O) groups excluding carboxylic acids is 1. The van der Waals surface area contributed by atoms with Crippen molar-refractivity contribution in [3.05, 3.63) is 46.6 Å². The van der Waals surface area contributed by atoms with Gasteiger partial charge in [0.1, 0.15) is 0 Å². The van der Waals surface area contributed by atoms with Crippen molar-refractivity contribution in [3.8, 4) is 0 Å². The maximum absolute atomic E-state index is 11.2. The first-order valence-electron chi connectivity index (χ1n) is 3.42. The second-order valence-corrected chi connectivity index (χ2v) is 3.15. The Balaban J connectivity index is 2.90. The van der Waals surface area contributed by atoms with Gasteiger partial charge in [-0.15, -0.1) is 0 Å². The molecule has 2 nitrogen and oxygen atoms in total. The van der Waals surface area contributed by atoms with Gasteiger partial charge in [0.25, 0.3) is 0 Å². The van der Waals surface area contributed by atoms with E-state index in [4.69, 9.17) is 5.73 Å². The molecule has 0 radical (unpaired) electrons. The van der Waals surface area contributed by atoms with Crippen molar-refractivity contribution in [1.82, 2.24) is 0 Å². The van der Waals surface area contributed by atoms with Crippen molar-refractivity contribution in [2.45, 2.75) is 0 Å². The van der Waals surface area contributed by atoms with Crippen LogP contribution in [0.1, 0.15) is 10.4 Å². The molecule has 0 aromatic heterocycles. The minimum Gasteiger partial charge on any atom is -0.404 e. The van der Waals surface area contributed by atoms with Crippen molar-refractivity contribution in [1.29, 1.82) is 0 Å². The van der Waals surface area contributed by atoms with Gasteiger partial charge < -0.3 is 5.73 Å². The normalized spacial score (nSPS) is 10.4. The fraction of sp³-hybridized carbons (Fsp3) is 0. The van der Waals surface area contributed by atoms with Crippen LogP contribution >= 0.6 is 15.9 Å². The monoisotopic (exact) mass is 225 g/mol. The second kappa shape index (κ2) is 4.07. The predicted molar refractivity (Wildman–Crippen MR) is 51.8 cm³/mol. The molecule has 2 N–H and O–H groups in total. The maximum atomic E-state index is 11.2. The minimum atomic E-state index is -0.0787. The van der Waals surface area contributed by atoms with Crippen LogP contribution in [0.2, 0.25) is 0 Å². The third kappa shape index (κ3) is 2.20. The summed E-state index contributed by atoms with van der Waals surface area (Å²) in [6.45, 7) is 0. The van der Waals surface area contributed by atoms with E-state index < -0.39 is 0 Å². The first-order chi connectivity index (χ1) is 5.74. The lowest BCUT2D eigenvalue weighted by atomic mass is 10.1. The van der Waals surface area contributed by atoms with Crippen molar-refractivity contribution in [2.75, 3.05) is 0 Å². The average molecular weight is 226 g/mol. The summed E-state index contributed by atoms with van der Waals surface area (Å²) in [6, 6.07) is 7.12. The van der Waals surface area contributed by atoms with Crippen LogP contribution in [0, 0.1) is 0 Å². The number of allylic oxidation sites excluding steroid dienone is 1. The molecular formula is C9H8BrNO. The summed E-state index contributed by atoms with van der Waals surface area (Å²) >= 11 is 3.28. The molecule has 1 rings (SSSR count). The Labute approximate surface area is 79.2 Å². The van der Waals surface area contributed by atoms with Crippen molar-refractivity contribution in [3.63, 3.8) is 0 Å². The van der Waals surface area contributed by atoms with E-state index in [1.165, 1.54) is 12.3 Å². The summed E-state index contributed by atoms with van der Waals surface area (Å²) in [7, 11) is 0. The zero-order valence-electron chi connectivity index (χ0n) is 6.33. The van der Waals surface area contributed by atoms with E-state index in [2.05, 4.69) is 15.9 Å². The fourth-order valence-electron chi connectivity index (χ4n) is 0.798. The number of ketones is 1. The molecule has 0 saturated heterocycles. The highest BCUT2D eigenvalue weighted by atomic mass is 79.9. The van der Waals surface area contributed by atoms with Crippen LogP contribution in [0.5, 0.6) is 0 Å². The zero-order valence-corrected chi connectivity index (χ0v) is 7.91. The van der Waals surface area contributed by atoms with E-state index in [0.717, 1.165) is 4.47 Å². The van der Waals surface area contributed by atoms with Gasteiger partial charge >= 0.3 is 0 Å². The number of benzene rings is 1. The fourth-order valence-corrected chi connectivity index (χ4v) is 1.06. The summed E-state index contributed by atoms with van der Waals surface area (Å²) in [5.41, 5.74) is 5.72. The molecule has 0 atom stereocenters. The van der Waals surface area contributed by atoms with Crippen LogP contribution < -0.4 is 5.73 Å². The number of carbonyl (C=O) groups is 1. The molecule has 0 aliphatic carbocycles. The summed E-state index contributed by atoms with van der Waals surface area (Å²) in [5, 5.41) is 0. The van der Waals surface area contributed by atoms with Gasteiger partial charge in [-0.3, -0.25) is 4.79 Å². The lowest BCUT2D eigenvalue weighted by Gasteiger charge is -1.94. The van der Waals surface area contributed by atoms with E-state index in [9.17, 15) is 4.79 Å². The van der Waals surface area contributed by atoms with Gasteiger partial charge in [0.05, 0.1) is 0 Å². The summed E-state index contributed by atoms with van der Waals surface area (Å²) in [6.07, 6.45) is 2.58. The Bertz CT molecular complexity index is 303. The molecule has 62 valence electrons. The first kappa shape index (κ1) is 9.00. The Morgan fingerprint density at radius 2 is 1.92 bits per heavy atom. The van der Waals surface area contributed by atoms with Crippen LogP contribution in [0.25, 0.3) is 0 Å². The third-order valence-corrected chi connectivity index (χ3v) is 1.91. The first-order valence-corrected chi connectivity index (χ1v) is 4.21. The van der Waals surface area contributed by atoms with E-state index in [-0.39, 0.29) is 5.78 Å². The van der Waals surface area contributed by atoms with Crippen LogP contribution in [0.4, 0.5) is 0 Å². The molecule has 0 saturated carbocycles. The van der Waals surface area contributed by atoms with Gasteiger partial charge in [-0.25, -0.2) is 0 Å². The van der Waals surface area contributed by atoms with Gasteiger partial charge in [-0.2, -0.15) is 0 Å². The Morgan fingerprint density at radius 1 is 1.33 bits per heavy atom. The molecule has 1 aromatic carbocycles. The van der Waals surface area contributed by atoms with Crippen LogP contribution in [0.15, 0.2) is 41.0 Å². The molecular weight excluding hydrogens is 218 g/mol. The standard InChI is InChI=1S/C9H8BrNO/c10-8-3-1-7(2-4-8)9(12)5-6-11/h1-6H,11H2/b6-5+. The van der Waals surface area contributed by atoms with Gasteiger partial charge in [0.15, 0.2) is 5.78 Å². The number of rotatable bonds is 2. The Morgan fingerprint density at radius 3 is 2.42 bits per heavy atom. The summed E-state index contributed by atoms with van der Waals surface area (Å²) in [5.74, 6) is -0.0787. The third-order valence-electron chi connectivity index (χ3n) is 1.38. The molecule has 1 aromatic rings. The van der Waals surface area contributed by atoms with Crippen molar-refractivity contribution in [2.24, 2.45) is 5.73 Å². The molecule has 12 heavy (non-hydrogen) atoms. The molecule has 0 heterocycles. The smallest absolute Gasteiger partial charge is 0.187 e. The van der Waals surface area contributed by atoms with Crippen LogP contribution in [0.3, 0.4) is 0 Å². The topological polar surface area (TPSA) is 43.1 Å². The van der Waals surface area contributed by atoms with E-state index in [0.29, 0.717) is 5.56 Å². The molecule has 0 bridgehead atoms. The number of hydrogen-bond acceptors (Lipinski definition) is 2. The summed E-state index contributed by atoms with van der Waals surface area (Å²) in [4.78, 5) is 11.2. The lowest BCUT2D eigenvalue weighted by Crippen LogP contribution is -1.94. The van der Waals surface area contributed by atoms with E-state index in [1.807, 2.05) is 12.1 Å². The lowest BCUT2D eigenvalue weighted by molar-refractivity contribution is 0.104. The quantitative estimate of drug-likeness (QED) is 0.619. The van der Waals surface area contributed by atoms with E-state index in [1.54, 1.807) is 12.1 Å². The molecule has 0 spiro atoms. The van der Waals surface area contributed by atoms with Crippen LogP contribution in [-0.2, 0) is 0 Å². The minimum absolute atomic E-state index is 0.0787. The number of hydrogen-bond donors (Lipinski definition) is 1. The van der Waals surface area contributed by atoms with Gasteiger partial charge in [0.2, 0.25) is 0 Å². The van der Waals surface area contributed by atoms with Crippen molar-refractivity contribution >= 4 is 21.7 Å². The molecule has 0 unspecified atom stereocenters. The van der Waals surface area contributed by atoms with E-state index >= 15 is 0 Å². The SMILES string of the molecule is N/C=C/C(=O)c1ccc(Br)cc1. The Kier molecular flexibility index (Phi) is 3.05. The molecule has 0 aliphatic heterocycles. The largest absolute Gasteiger partial charge is 0.404 e. The molecule has 0 aliphatic rings. The van der Waals surface area contributed by atoms with Crippen LogP contribution in [-0.4, -0.2) is 5.78 Å². The summed E-state index contributed by atoms with van der Waals surface area (Å²) < 4.78 is 0.954. The number of nitrogens with two attached hydrogens (primary N) is 1. The van der Waals surface area contributed by atoms with Crippen molar-refractivity contribution < 1.29 is 4.79 Å². The maximum Gasteiger partial charge on any atom is 0.187 e. The second-order valence-electron chi connectivity index (χ2n) is 2.23. The molecule has 0 amide bonds. The Hall–Kier alpha value is -1.09. The van der Waals surface area contributed by atoms with Gasteiger partial charge in [-0.1, -0.05) is 15.9 Å². The predicted octanol–water partition coefficient (Wildman–Crippen LogP) is 2.10. The average Bonchev–Trinajstić information content (AvgIpc) is 2.06. The highest BCUT2D eigenvalue weighted by molar-refractivity contribution is 9.10.